The number of aliphatic hydroxyl groups is 8. The van der Waals surface area contributed by atoms with E-state index < -0.39 is 93.6 Å². The molecule has 0 saturated carbocycles. The fourth-order valence-corrected chi connectivity index (χ4v) is 3.45. The highest BCUT2D eigenvalue weighted by atomic mass is 16.8. The second-order valence-electron chi connectivity index (χ2n) is 6.86. The fourth-order valence-electron chi connectivity index (χ4n) is 3.45. The average molecular weight is 414 g/mol. The molecule has 12 atom stereocenters. The first-order valence-electron chi connectivity index (χ1n) is 8.82. The average Bonchev–Trinajstić information content (AvgIpc) is 3.25. The summed E-state index contributed by atoms with van der Waals surface area (Å²) in [7, 11) is 0. The highest BCUT2D eigenvalue weighted by Crippen LogP contribution is 2.33. The van der Waals surface area contributed by atoms with Gasteiger partial charge < -0.3 is 64.5 Å². The lowest BCUT2D eigenvalue weighted by molar-refractivity contribution is -0.220. The van der Waals surface area contributed by atoms with Crippen LogP contribution in [0.15, 0.2) is 0 Å². The minimum atomic E-state index is -1.60. The first kappa shape index (κ1) is 22.2. The highest BCUT2D eigenvalue weighted by molar-refractivity contribution is 4.94. The molecule has 13 nitrogen and oxygen atoms in total. The summed E-state index contributed by atoms with van der Waals surface area (Å²) in [5.74, 6) is 0. The molecule has 0 amide bonds. The highest BCUT2D eigenvalue weighted by Gasteiger charge is 2.53. The molecular formula is C15H26O13. The van der Waals surface area contributed by atoms with Crippen molar-refractivity contribution in [1.82, 2.24) is 0 Å². The van der Waals surface area contributed by atoms with Crippen LogP contribution < -0.4 is 0 Å². The van der Waals surface area contributed by atoms with E-state index >= 15 is 0 Å². The van der Waals surface area contributed by atoms with Gasteiger partial charge in [0.15, 0.2) is 18.9 Å². The lowest BCUT2D eigenvalue weighted by Crippen LogP contribution is -2.45. The second-order valence-corrected chi connectivity index (χ2v) is 6.86. The lowest BCUT2D eigenvalue weighted by Gasteiger charge is -2.26. The Morgan fingerprint density at radius 2 is 1.00 bits per heavy atom. The predicted octanol–water partition coefficient (Wildman–Crippen LogP) is -5.66. The van der Waals surface area contributed by atoms with E-state index in [4.69, 9.17) is 28.8 Å². The van der Waals surface area contributed by atoms with Gasteiger partial charge in [0.25, 0.3) is 0 Å². The Labute approximate surface area is 159 Å². The van der Waals surface area contributed by atoms with E-state index in [-0.39, 0.29) is 0 Å². The molecular weight excluding hydrogens is 388 g/mol. The molecule has 0 spiro atoms. The van der Waals surface area contributed by atoms with Gasteiger partial charge in [-0.15, -0.1) is 0 Å². The number of aliphatic hydroxyl groups excluding tert-OH is 8. The van der Waals surface area contributed by atoms with E-state index in [0.29, 0.717) is 0 Å². The Kier molecular flexibility index (Phi) is 7.20. The maximum atomic E-state index is 10.5. The van der Waals surface area contributed by atoms with Gasteiger partial charge in [-0.3, -0.25) is 0 Å². The van der Waals surface area contributed by atoms with Gasteiger partial charge in [0.2, 0.25) is 0 Å². The van der Waals surface area contributed by atoms with Gasteiger partial charge in [0.1, 0.15) is 54.9 Å². The molecule has 1 unspecified atom stereocenters. The molecule has 0 aliphatic carbocycles. The van der Waals surface area contributed by atoms with E-state index in [0.717, 1.165) is 0 Å². The van der Waals surface area contributed by atoms with E-state index in [1.165, 1.54) is 0 Å². The molecule has 0 aromatic carbocycles. The summed E-state index contributed by atoms with van der Waals surface area (Å²) in [5, 5.41) is 77.5. The zero-order chi connectivity index (χ0) is 20.6. The Hall–Kier alpha value is -0.520. The predicted molar refractivity (Wildman–Crippen MR) is 83.2 cm³/mol. The van der Waals surface area contributed by atoms with Gasteiger partial charge in [-0.05, 0) is 0 Å². The van der Waals surface area contributed by atoms with E-state index in [2.05, 4.69) is 0 Å². The molecule has 3 rings (SSSR count). The molecule has 3 fully saturated rings. The molecule has 3 aliphatic rings. The largest absolute Gasteiger partial charge is 0.394 e. The van der Waals surface area contributed by atoms with Gasteiger partial charge in [-0.25, -0.2) is 0 Å². The van der Waals surface area contributed by atoms with Crippen LogP contribution in [0.2, 0.25) is 0 Å². The molecule has 0 radical (unpaired) electrons. The van der Waals surface area contributed by atoms with E-state index in [1.54, 1.807) is 0 Å². The summed E-state index contributed by atoms with van der Waals surface area (Å²) in [5.41, 5.74) is 0. The van der Waals surface area contributed by atoms with E-state index in [9.17, 15) is 35.7 Å². The van der Waals surface area contributed by atoms with Gasteiger partial charge in [-0.1, -0.05) is 0 Å². The molecule has 3 heterocycles. The first-order chi connectivity index (χ1) is 13.3. The van der Waals surface area contributed by atoms with Crippen molar-refractivity contribution in [2.75, 3.05) is 19.8 Å². The van der Waals surface area contributed by atoms with Crippen molar-refractivity contribution in [2.45, 2.75) is 73.8 Å². The van der Waals surface area contributed by atoms with Crippen LogP contribution in [0.3, 0.4) is 0 Å². The van der Waals surface area contributed by atoms with Crippen LogP contribution >= 0.6 is 0 Å². The summed E-state index contributed by atoms with van der Waals surface area (Å²) in [4.78, 5) is 0. The van der Waals surface area contributed by atoms with Crippen LogP contribution in [0.5, 0.6) is 0 Å². The summed E-state index contributed by atoms with van der Waals surface area (Å²) in [6.07, 6.45) is -16.2. The van der Waals surface area contributed by atoms with Crippen molar-refractivity contribution >= 4 is 0 Å². The van der Waals surface area contributed by atoms with Crippen LogP contribution in [0.1, 0.15) is 0 Å². The van der Waals surface area contributed by atoms with E-state index in [1.807, 2.05) is 0 Å². The van der Waals surface area contributed by atoms with Gasteiger partial charge in [0.05, 0.1) is 19.8 Å². The number of hydrogen-bond acceptors (Lipinski definition) is 13. The number of ether oxygens (including phenoxy) is 5. The monoisotopic (exact) mass is 414 g/mol. The Bertz CT molecular complexity index is 508. The Balaban J connectivity index is 1.65. The van der Waals surface area contributed by atoms with Crippen molar-refractivity contribution in [3.8, 4) is 0 Å². The minimum Gasteiger partial charge on any atom is -0.394 e. The standard InChI is InChI=1S/C15H26O13/c16-1-4-7(19)8(20)14(25-4)28-12-6(3-18)26-15(10(12)22)27-11-5(2-17)24-13(23)9(11)21/h4-23H,1-3H2/t4-,5-,6-,7-,8+,9+,10+,11-,12-,13?,14-,15-/m0/s1. The maximum Gasteiger partial charge on any atom is 0.187 e. The third-order valence-electron chi connectivity index (χ3n) is 5.04. The van der Waals surface area contributed by atoms with Crippen LogP contribution in [0, 0.1) is 0 Å². The quantitative estimate of drug-likeness (QED) is 0.196. The minimum absolute atomic E-state index is 0.568. The molecule has 0 aromatic rings. The zero-order valence-corrected chi connectivity index (χ0v) is 14.7. The van der Waals surface area contributed by atoms with Gasteiger partial charge in [0, 0.05) is 0 Å². The number of rotatable bonds is 7. The third-order valence-corrected chi connectivity index (χ3v) is 5.04. The summed E-state index contributed by atoms with van der Waals surface area (Å²) >= 11 is 0. The molecule has 164 valence electrons. The third kappa shape index (κ3) is 4.04. The molecule has 8 N–H and O–H groups in total. The Morgan fingerprint density at radius 1 is 0.536 bits per heavy atom. The molecule has 0 bridgehead atoms. The molecule has 3 aliphatic heterocycles. The first-order valence-corrected chi connectivity index (χ1v) is 8.82. The SMILES string of the molecule is OC[C@@H]1O[C@@H](O[C@@H]2[C@@H](O)[C@H](O[C@H]3[C@H](CO)OC(O)[C@@H]3O)O[C@H]2CO)[C@H](O)[C@H]1O. The van der Waals surface area contributed by atoms with Crippen molar-refractivity contribution in [1.29, 1.82) is 0 Å². The second kappa shape index (κ2) is 9.09. The van der Waals surface area contributed by atoms with Crippen molar-refractivity contribution < 1.29 is 64.5 Å². The van der Waals surface area contributed by atoms with Crippen molar-refractivity contribution in [3.05, 3.63) is 0 Å². The molecule has 3 saturated heterocycles. The molecule has 13 heteroatoms. The Morgan fingerprint density at radius 3 is 1.54 bits per heavy atom. The normalized spacial score (nSPS) is 51.9. The van der Waals surface area contributed by atoms with Crippen LogP contribution in [-0.4, -0.2) is 134 Å². The van der Waals surface area contributed by atoms with Gasteiger partial charge >= 0.3 is 0 Å². The lowest BCUT2D eigenvalue weighted by atomic mass is 10.1. The molecule has 0 aromatic heterocycles. The van der Waals surface area contributed by atoms with Crippen molar-refractivity contribution in [3.63, 3.8) is 0 Å². The van der Waals surface area contributed by atoms with Crippen LogP contribution in [0.4, 0.5) is 0 Å². The number of hydrogen-bond donors (Lipinski definition) is 8. The van der Waals surface area contributed by atoms with Crippen molar-refractivity contribution in [2.24, 2.45) is 0 Å². The summed E-state index contributed by atoms with van der Waals surface area (Å²) in [6.45, 7) is -1.75. The molecule has 28 heavy (non-hydrogen) atoms. The van der Waals surface area contributed by atoms with Gasteiger partial charge in [-0.2, -0.15) is 0 Å². The smallest absolute Gasteiger partial charge is 0.187 e. The van der Waals surface area contributed by atoms with Crippen LogP contribution in [-0.2, 0) is 23.7 Å². The summed E-state index contributed by atoms with van der Waals surface area (Å²) in [6, 6.07) is 0. The maximum absolute atomic E-state index is 10.5. The fraction of sp³-hybridized carbons (Fsp3) is 1.00. The topological polar surface area (TPSA) is 208 Å². The summed E-state index contributed by atoms with van der Waals surface area (Å²) < 4.78 is 26.4. The zero-order valence-electron chi connectivity index (χ0n) is 14.7. The van der Waals surface area contributed by atoms with Crippen LogP contribution in [0.25, 0.3) is 0 Å².